The van der Waals surface area contributed by atoms with Gasteiger partial charge in [-0.25, -0.2) is 0 Å². The molecule has 1 saturated heterocycles. The third-order valence-corrected chi connectivity index (χ3v) is 3.18. The lowest BCUT2D eigenvalue weighted by atomic mass is 10.1. The van der Waals surface area contributed by atoms with E-state index in [0.717, 1.165) is 31.6 Å². The van der Waals surface area contributed by atoms with Crippen LogP contribution in [0.5, 0.6) is 0 Å². The van der Waals surface area contributed by atoms with Crippen LogP contribution < -0.4 is 0 Å². The minimum atomic E-state index is -0.380. The molecule has 0 aromatic rings. The first-order valence-electron chi connectivity index (χ1n) is 6.56. The number of unbranched alkanes of at least 4 members (excludes halogenated alkanes) is 4. The molecule has 0 aromatic carbocycles. The standard InChI is InChI=1S/C14H23ClO2/c1-14(16-12-13-17-14)10-8-6-4-2-3-5-7-9-11-15/h2-3,5,7-13H2,1H3. The summed E-state index contributed by atoms with van der Waals surface area (Å²) in [5.41, 5.74) is 0. The number of hydrogen-bond acceptors (Lipinski definition) is 2. The van der Waals surface area contributed by atoms with Crippen LogP contribution in [-0.2, 0) is 9.47 Å². The molecule has 0 aromatic heterocycles. The maximum Gasteiger partial charge on any atom is 0.166 e. The van der Waals surface area contributed by atoms with Gasteiger partial charge in [0, 0.05) is 25.1 Å². The van der Waals surface area contributed by atoms with Gasteiger partial charge in [0.2, 0.25) is 0 Å². The molecule has 98 valence electrons. The van der Waals surface area contributed by atoms with Gasteiger partial charge in [0.25, 0.3) is 0 Å². The molecule has 2 nitrogen and oxygen atoms in total. The summed E-state index contributed by atoms with van der Waals surface area (Å²) in [6.07, 6.45) is 7.51. The average Bonchev–Trinajstić information content (AvgIpc) is 2.74. The van der Waals surface area contributed by atoms with Crippen LogP contribution in [0.15, 0.2) is 0 Å². The summed E-state index contributed by atoms with van der Waals surface area (Å²) in [5.74, 6) is 6.80. The Morgan fingerprint density at radius 1 is 1.00 bits per heavy atom. The SMILES string of the molecule is CC1(CCC#CCCCCCCCl)OCCO1. The van der Waals surface area contributed by atoms with Crippen molar-refractivity contribution in [3.05, 3.63) is 0 Å². The van der Waals surface area contributed by atoms with Crippen molar-refractivity contribution in [3.63, 3.8) is 0 Å². The second-order valence-corrected chi connectivity index (χ2v) is 4.92. The number of rotatable bonds is 7. The van der Waals surface area contributed by atoms with Crippen LogP contribution in [0.2, 0.25) is 0 Å². The summed E-state index contributed by atoms with van der Waals surface area (Å²) in [5, 5.41) is 0. The van der Waals surface area contributed by atoms with Crippen molar-refractivity contribution >= 4 is 11.6 Å². The third-order valence-electron chi connectivity index (χ3n) is 2.91. The van der Waals surface area contributed by atoms with Crippen LogP contribution in [0, 0.1) is 11.8 Å². The molecule has 3 heteroatoms. The predicted molar refractivity (Wildman–Crippen MR) is 71.1 cm³/mol. The molecule has 17 heavy (non-hydrogen) atoms. The second kappa shape index (κ2) is 8.80. The Morgan fingerprint density at radius 3 is 2.35 bits per heavy atom. The molecular weight excluding hydrogens is 236 g/mol. The summed E-state index contributed by atoms with van der Waals surface area (Å²) < 4.78 is 11.0. The highest BCUT2D eigenvalue weighted by molar-refractivity contribution is 6.17. The van der Waals surface area contributed by atoms with Gasteiger partial charge in [0.15, 0.2) is 5.79 Å². The highest BCUT2D eigenvalue weighted by Crippen LogP contribution is 2.23. The third kappa shape index (κ3) is 6.93. The number of ether oxygens (including phenoxy) is 2. The fourth-order valence-corrected chi connectivity index (χ4v) is 2.02. The summed E-state index contributed by atoms with van der Waals surface area (Å²) in [6.45, 7) is 3.42. The molecule has 1 aliphatic heterocycles. The van der Waals surface area contributed by atoms with Crippen molar-refractivity contribution in [2.45, 2.75) is 57.7 Å². The molecule has 0 aliphatic carbocycles. The molecule has 1 aliphatic rings. The van der Waals surface area contributed by atoms with E-state index in [9.17, 15) is 0 Å². The normalized spacial score (nSPS) is 17.8. The van der Waals surface area contributed by atoms with Crippen molar-refractivity contribution in [2.24, 2.45) is 0 Å². The van der Waals surface area contributed by atoms with Crippen molar-refractivity contribution < 1.29 is 9.47 Å². The molecule has 0 atom stereocenters. The van der Waals surface area contributed by atoms with Crippen LogP contribution in [0.25, 0.3) is 0 Å². The van der Waals surface area contributed by atoms with E-state index in [-0.39, 0.29) is 5.79 Å². The molecule has 0 bridgehead atoms. The van der Waals surface area contributed by atoms with Gasteiger partial charge < -0.3 is 9.47 Å². The lowest BCUT2D eigenvalue weighted by Gasteiger charge is -2.20. The lowest BCUT2D eigenvalue weighted by Crippen LogP contribution is -2.24. The zero-order chi connectivity index (χ0) is 12.4. The van der Waals surface area contributed by atoms with Gasteiger partial charge >= 0.3 is 0 Å². The fourth-order valence-electron chi connectivity index (χ4n) is 1.83. The van der Waals surface area contributed by atoms with Crippen molar-refractivity contribution in [1.82, 2.24) is 0 Å². The highest BCUT2D eigenvalue weighted by atomic mass is 35.5. The molecule has 1 fully saturated rings. The zero-order valence-corrected chi connectivity index (χ0v) is 11.5. The first kappa shape index (κ1) is 14.8. The molecular formula is C14H23ClO2. The smallest absolute Gasteiger partial charge is 0.166 e. The molecule has 0 saturated carbocycles. The molecule has 1 heterocycles. The zero-order valence-electron chi connectivity index (χ0n) is 10.8. The minimum absolute atomic E-state index is 0.380. The van der Waals surface area contributed by atoms with Gasteiger partial charge in [0.1, 0.15) is 0 Å². The van der Waals surface area contributed by atoms with Gasteiger partial charge in [0.05, 0.1) is 13.2 Å². The predicted octanol–water partition coefficient (Wildman–Crippen LogP) is 3.72. The Hall–Kier alpha value is -0.230. The second-order valence-electron chi connectivity index (χ2n) is 4.54. The molecule has 0 unspecified atom stereocenters. The lowest BCUT2D eigenvalue weighted by molar-refractivity contribution is -0.145. The molecule has 0 radical (unpaired) electrons. The minimum Gasteiger partial charge on any atom is -0.348 e. The van der Waals surface area contributed by atoms with Crippen molar-refractivity contribution in [3.8, 4) is 11.8 Å². The topological polar surface area (TPSA) is 18.5 Å². The Labute approximate surface area is 110 Å². The van der Waals surface area contributed by atoms with Gasteiger partial charge in [-0.2, -0.15) is 0 Å². The van der Waals surface area contributed by atoms with Gasteiger partial charge in [-0.15, -0.1) is 23.4 Å². The Morgan fingerprint density at radius 2 is 1.65 bits per heavy atom. The van der Waals surface area contributed by atoms with Crippen molar-refractivity contribution in [1.29, 1.82) is 0 Å². The maximum atomic E-state index is 5.61. The molecule has 0 N–H and O–H groups in total. The van der Waals surface area contributed by atoms with E-state index in [4.69, 9.17) is 21.1 Å². The van der Waals surface area contributed by atoms with E-state index in [0.29, 0.717) is 13.2 Å². The van der Waals surface area contributed by atoms with Gasteiger partial charge in [-0.05, 0) is 19.8 Å². The number of hydrogen-bond donors (Lipinski definition) is 0. The fraction of sp³-hybridized carbons (Fsp3) is 0.857. The molecule has 1 rings (SSSR count). The summed E-state index contributed by atoms with van der Waals surface area (Å²) in [6, 6.07) is 0. The number of alkyl halides is 1. The first-order chi connectivity index (χ1) is 8.27. The van der Waals surface area contributed by atoms with Crippen LogP contribution in [0.4, 0.5) is 0 Å². The van der Waals surface area contributed by atoms with E-state index in [1.54, 1.807) is 0 Å². The van der Waals surface area contributed by atoms with E-state index >= 15 is 0 Å². The van der Waals surface area contributed by atoms with Crippen molar-refractivity contribution in [2.75, 3.05) is 19.1 Å². The summed E-state index contributed by atoms with van der Waals surface area (Å²) in [4.78, 5) is 0. The molecule has 0 amide bonds. The van der Waals surface area contributed by atoms with E-state index in [1.165, 1.54) is 19.3 Å². The quantitative estimate of drug-likeness (QED) is 0.394. The Bertz CT molecular complexity index is 249. The van der Waals surface area contributed by atoms with Crippen LogP contribution in [-0.4, -0.2) is 24.9 Å². The molecule has 0 spiro atoms. The van der Waals surface area contributed by atoms with E-state index in [1.807, 2.05) is 6.92 Å². The van der Waals surface area contributed by atoms with Crippen LogP contribution in [0.3, 0.4) is 0 Å². The largest absolute Gasteiger partial charge is 0.348 e. The average molecular weight is 259 g/mol. The van der Waals surface area contributed by atoms with Crippen LogP contribution in [0.1, 0.15) is 51.9 Å². The van der Waals surface area contributed by atoms with E-state index in [2.05, 4.69) is 11.8 Å². The van der Waals surface area contributed by atoms with Gasteiger partial charge in [-0.1, -0.05) is 12.8 Å². The Kier molecular flexibility index (Phi) is 7.68. The monoisotopic (exact) mass is 258 g/mol. The summed E-state index contributed by atoms with van der Waals surface area (Å²) >= 11 is 5.61. The highest BCUT2D eigenvalue weighted by Gasteiger charge is 2.29. The van der Waals surface area contributed by atoms with E-state index < -0.39 is 0 Å². The van der Waals surface area contributed by atoms with Gasteiger partial charge in [-0.3, -0.25) is 0 Å². The van der Waals surface area contributed by atoms with Crippen LogP contribution >= 0.6 is 11.6 Å². The first-order valence-corrected chi connectivity index (χ1v) is 7.10. The maximum absolute atomic E-state index is 5.61. The Balaban J connectivity index is 1.95. The summed E-state index contributed by atoms with van der Waals surface area (Å²) in [7, 11) is 0. The number of halogens is 1.